The molecule has 1 aromatic heterocycles. The minimum atomic E-state index is -0.182. The summed E-state index contributed by atoms with van der Waals surface area (Å²) in [4.78, 5) is 8.76. The predicted octanol–water partition coefficient (Wildman–Crippen LogP) is 3.59. The molecule has 0 saturated carbocycles. The Morgan fingerprint density at radius 3 is 2.64 bits per heavy atom. The zero-order valence-corrected chi connectivity index (χ0v) is 13.1. The van der Waals surface area contributed by atoms with Crippen molar-refractivity contribution >= 4 is 17.3 Å². The van der Waals surface area contributed by atoms with Crippen LogP contribution in [0.1, 0.15) is 12.0 Å². The van der Waals surface area contributed by atoms with Gasteiger partial charge < -0.3 is 4.90 Å². The van der Waals surface area contributed by atoms with Crippen molar-refractivity contribution < 1.29 is 4.39 Å². The Hall–Kier alpha value is -1.65. The van der Waals surface area contributed by atoms with Crippen molar-refractivity contribution in [3.63, 3.8) is 0 Å². The average molecular weight is 320 g/mol. The zero-order valence-electron chi connectivity index (χ0n) is 12.4. The Bertz CT molecular complexity index is 618. The van der Waals surface area contributed by atoms with Gasteiger partial charge in [0.05, 0.1) is 10.7 Å². The van der Waals surface area contributed by atoms with Crippen LogP contribution in [0.3, 0.4) is 0 Å². The molecule has 3 rings (SSSR count). The van der Waals surface area contributed by atoms with Gasteiger partial charge in [0.2, 0.25) is 0 Å². The zero-order chi connectivity index (χ0) is 15.4. The van der Waals surface area contributed by atoms with E-state index in [2.05, 4.69) is 14.8 Å². The highest BCUT2D eigenvalue weighted by molar-refractivity contribution is 6.33. The quantitative estimate of drug-likeness (QED) is 0.862. The Balaban J connectivity index is 1.62. The fourth-order valence-electron chi connectivity index (χ4n) is 2.84. The fourth-order valence-corrected chi connectivity index (χ4v) is 3.08. The van der Waals surface area contributed by atoms with E-state index < -0.39 is 0 Å². The molecule has 1 aromatic carbocycles. The summed E-state index contributed by atoms with van der Waals surface area (Å²) in [5, 5.41) is 0.703. The van der Waals surface area contributed by atoms with Crippen LogP contribution in [-0.2, 0) is 6.54 Å². The Morgan fingerprint density at radius 1 is 1.05 bits per heavy atom. The van der Waals surface area contributed by atoms with Crippen molar-refractivity contribution in [1.29, 1.82) is 0 Å². The van der Waals surface area contributed by atoms with E-state index in [4.69, 9.17) is 11.6 Å². The van der Waals surface area contributed by atoms with Gasteiger partial charge in [0.15, 0.2) is 0 Å². The van der Waals surface area contributed by atoms with Gasteiger partial charge in [0.1, 0.15) is 5.82 Å². The largest absolute Gasteiger partial charge is 0.369 e. The van der Waals surface area contributed by atoms with Gasteiger partial charge in [-0.15, -0.1) is 0 Å². The van der Waals surface area contributed by atoms with E-state index in [0.717, 1.165) is 50.4 Å². The number of rotatable bonds is 3. The molecule has 2 heterocycles. The highest BCUT2D eigenvalue weighted by atomic mass is 35.5. The molecule has 2 aromatic rings. The number of pyridine rings is 1. The average Bonchev–Trinajstić information content (AvgIpc) is 2.76. The van der Waals surface area contributed by atoms with Crippen LogP contribution in [-0.4, -0.2) is 36.1 Å². The van der Waals surface area contributed by atoms with Crippen molar-refractivity contribution in [1.82, 2.24) is 9.88 Å². The van der Waals surface area contributed by atoms with Crippen molar-refractivity contribution in [2.75, 3.05) is 31.1 Å². The second-order valence-electron chi connectivity index (χ2n) is 5.57. The molecule has 0 radical (unpaired) electrons. The molecular formula is C17H19ClFN3. The lowest BCUT2D eigenvalue weighted by atomic mass is 10.2. The third-order valence-electron chi connectivity index (χ3n) is 4.00. The van der Waals surface area contributed by atoms with E-state index in [0.29, 0.717) is 5.02 Å². The molecule has 0 N–H and O–H groups in total. The van der Waals surface area contributed by atoms with Crippen LogP contribution in [0, 0.1) is 5.82 Å². The van der Waals surface area contributed by atoms with E-state index in [1.165, 1.54) is 12.1 Å². The summed E-state index contributed by atoms with van der Waals surface area (Å²) in [5.41, 5.74) is 2.21. The van der Waals surface area contributed by atoms with Crippen molar-refractivity contribution in [2.24, 2.45) is 0 Å². The van der Waals surface area contributed by atoms with Crippen LogP contribution < -0.4 is 4.90 Å². The molecule has 1 aliphatic heterocycles. The van der Waals surface area contributed by atoms with Crippen LogP contribution in [0.4, 0.5) is 10.1 Å². The first-order valence-electron chi connectivity index (χ1n) is 7.53. The first-order valence-corrected chi connectivity index (χ1v) is 7.91. The Labute approximate surface area is 135 Å². The molecule has 0 spiro atoms. The number of hydrogen-bond acceptors (Lipinski definition) is 3. The van der Waals surface area contributed by atoms with Gasteiger partial charge >= 0.3 is 0 Å². The Kier molecular flexibility index (Phi) is 4.90. The SMILES string of the molecule is Fc1ccc(CN2CCCN(c3ccncc3Cl)CC2)cc1. The molecule has 22 heavy (non-hydrogen) atoms. The van der Waals surface area contributed by atoms with Crippen molar-refractivity contribution in [3.05, 3.63) is 59.1 Å². The molecular weight excluding hydrogens is 301 g/mol. The summed E-state index contributed by atoms with van der Waals surface area (Å²) < 4.78 is 13.0. The van der Waals surface area contributed by atoms with Crippen LogP contribution in [0.15, 0.2) is 42.7 Å². The molecule has 0 amide bonds. The third-order valence-corrected chi connectivity index (χ3v) is 4.29. The maximum absolute atomic E-state index is 13.0. The predicted molar refractivity (Wildman–Crippen MR) is 87.8 cm³/mol. The molecule has 0 bridgehead atoms. The molecule has 1 fully saturated rings. The van der Waals surface area contributed by atoms with Crippen LogP contribution in [0.5, 0.6) is 0 Å². The fraction of sp³-hybridized carbons (Fsp3) is 0.353. The standard InChI is InChI=1S/C17H19ClFN3/c18-16-12-20-7-6-17(16)22-9-1-8-21(10-11-22)13-14-2-4-15(19)5-3-14/h2-7,12H,1,8-11,13H2. The van der Waals surface area contributed by atoms with Crippen molar-refractivity contribution in [2.45, 2.75) is 13.0 Å². The number of hydrogen-bond donors (Lipinski definition) is 0. The second-order valence-corrected chi connectivity index (χ2v) is 5.98. The number of nitrogens with zero attached hydrogens (tertiary/aromatic N) is 3. The molecule has 0 unspecified atom stereocenters. The van der Waals surface area contributed by atoms with Crippen LogP contribution in [0.2, 0.25) is 5.02 Å². The van der Waals surface area contributed by atoms with Gasteiger partial charge in [-0.2, -0.15) is 0 Å². The van der Waals surface area contributed by atoms with E-state index in [9.17, 15) is 4.39 Å². The summed E-state index contributed by atoms with van der Waals surface area (Å²) in [7, 11) is 0. The number of halogens is 2. The summed E-state index contributed by atoms with van der Waals surface area (Å²) in [5.74, 6) is -0.182. The number of benzene rings is 1. The van der Waals surface area contributed by atoms with E-state index in [-0.39, 0.29) is 5.82 Å². The summed E-state index contributed by atoms with van der Waals surface area (Å²) in [6.45, 7) is 4.79. The maximum atomic E-state index is 13.0. The van der Waals surface area contributed by atoms with E-state index in [1.54, 1.807) is 12.4 Å². The summed E-state index contributed by atoms with van der Waals surface area (Å²) in [6.07, 6.45) is 4.56. The normalized spacial score (nSPS) is 16.5. The van der Waals surface area contributed by atoms with Gasteiger partial charge in [-0.3, -0.25) is 9.88 Å². The lowest BCUT2D eigenvalue weighted by molar-refractivity contribution is 0.285. The lowest BCUT2D eigenvalue weighted by Crippen LogP contribution is -2.30. The van der Waals surface area contributed by atoms with Crippen LogP contribution >= 0.6 is 11.6 Å². The molecule has 0 atom stereocenters. The maximum Gasteiger partial charge on any atom is 0.123 e. The number of anilines is 1. The van der Waals surface area contributed by atoms with Gasteiger partial charge in [0.25, 0.3) is 0 Å². The summed E-state index contributed by atoms with van der Waals surface area (Å²) in [6, 6.07) is 8.74. The molecule has 5 heteroatoms. The van der Waals surface area contributed by atoms with E-state index >= 15 is 0 Å². The first-order chi connectivity index (χ1) is 10.7. The molecule has 0 aliphatic carbocycles. The second kappa shape index (κ2) is 7.07. The van der Waals surface area contributed by atoms with Crippen molar-refractivity contribution in [3.8, 4) is 0 Å². The van der Waals surface area contributed by atoms with Gasteiger partial charge in [0, 0.05) is 45.1 Å². The molecule has 1 aliphatic rings. The van der Waals surface area contributed by atoms with Crippen LogP contribution in [0.25, 0.3) is 0 Å². The highest BCUT2D eigenvalue weighted by Gasteiger charge is 2.17. The topological polar surface area (TPSA) is 19.4 Å². The number of aromatic nitrogens is 1. The Morgan fingerprint density at radius 2 is 1.86 bits per heavy atom. The van der Waals surface area contributed by atoms with Gasteiger partial charge in [-0.25, -0.2) is 4.39 Å². The lowest BCUT2D eigenvalue weighted by Gasteiger charge is -2.24. The van der Waals surface area contributed by atoms with E-state index in [1.807, 2.05) is 18.2 Å². The molecule has 1 saturated heterocycles. The highest BCUT2D eigenvalue weighted by Crippen LogP contribution is 2.25. The molecule has 116 valence electrons. The minimum absolute atomic E-state index is 0.182. The first kappa shape index (κ1) is 15.3. The minimum Gasteiger partial charge on any atom is -0.369 e. The smallest absolute Gasteiger partial charge is 0.123 e. The van der Waals surface area contributed by atoms with Gasteiger partial charge in [-0.1, -0.05) is 23.7 Å². The third kappa shape index (κ3) is 3.76. The monoisotopic (exact) mass is 319 g/mol. The molecule has 3 nitrogen and oxygen atoms in total. The van der Waals surface area contributed by atoms with Gasteiger partial charge in [-0.05, 0) is 30.2 Å². The summed E-state index contributed by atoms with van der Waals surface area (Å²) >= 11 is 6.24.